The van der Waals surface area contributed by atoms with Crippen LogP contribution in [0.1, 0.15) is 10.4 Å². The summed E-state index contributed by atoms with van der Waals surface area (Å²) in [6, 6.07) is 5.82. The fourth-order valence-corrected chi connectivity index (χ4v) is 3.96. The van der Waals surface area contributed by atoms with Gasteiger partial charge in [-0.1, -0.05) is 6.07 Å². The molecule has 1 saturated carbocycles. The Kier molecular flexibility index (Phi) is 4.11. The number of likely N-dealkylation sites (tertiary alicyclic amines) is 1. The number of hydrogen-bond donors (Lipinski definition) is 2. The fraction of sp³-hybridized carbons (Fsp3) is 0.588. The standard InChI is InChI=1S/C17H20F3N3O2/c18-17(19,20)25-12-3-1-2-10(4-12)16(24)22-7-13-14-8-23(9-15(13)14)11-5-21-6-11/h1-4,11,13-15,21H,5-9H2,(H,22,24). The molecule has 2 aliphatic heterocycles. The van der Waals surface area contributed by atoms with E-state index in [1.54, 1.807) is 0 Å². The Hall–Kier alpha value is -1.80. The number of amides is 1. The topological polar surface area (TPSA) is 53.6 Å². The minimum absolute atomic E-state index is 0.176. The molecule has 136 valence electrons. The van der Waals surface area contributed by atoms with Crippen LogP contribution in [-0.2, 0) is 0 Å². The smallest absolute Gasteiger partial charge is 0.406 e. The number of carbonyl (C=O) groups is 1. The van der Waals surface area contributed by atoms with Gasteiger partial charge in [0.05, 0.1) is 0 Å². The number of hydrogen-bond acceptors (Lipinski definition) is 4. The number of fused-ring (bicyclic) bond motifs is 1. The van der Waals surface area contributed by atoms with E-state index < -0.39 is 6.36 Å². The largest absolute Gasteiger partial charge is 0.573 e. The van der Waals surface area contributed by atoms with E-state index in [0.717, 1.165) is 32.2 Å². The van der Waals surface area contributed by atoms with Crippen LogP contribution in [0.2, 0.25) is 0 Å². The molecule has 1 aromatic rings. The fourth-order valence-electron chi connectivity index (χ4n) is 3.96. The number of rotatable bonds is 5. The highest BCUT2D eigenvalue weighted by Gasteiger charge is 2.56. The summed E-state index contributed by atoms with van der Waals surface area (Å²) in [5.74, 6) is 1.02. The van der Waals surface area contributed by atoms with E-state index >= 15 is 0 Å². The summed E-state index contributed by atoms with van der Waals surface area (Å²) >= 11 is 0. The maximum atomic E-state index is 12.3. The van der Waals surface area contributed by atoms with Crippen LogP contribution in [0.15, 0.2) is 24.3 Å². The normalized spacial score (nSPS) is 29.0. The number of carbonyl (C=O) groups excluding carboxylic acids is 1. The quantitative estimate of drug-likeness (QED) is 0.840. The Balaban J connectivity index is 1.26. The maximum Gasteiger partial charge on any atom is 0.573 e. The van der Waals surface area contributed by atoms with Crippen LogP contribution in [0.25, 0.3) is 0 Å². The average molecular weight is 355 g/mol. The third-order valence-electron chi connectivity index (χ3n) is 5.50. The number of alkyl halides is 3. The monoisotopic (exact) mass is 355 g/mol. The highest BCUT2D eigenvalue weighted by molar-refractivity contribution is 5.94. The van der Waals surface area contributed by atoms with Crippen LogP contribution in [0.3, 0.4) is 0 Å². The predicted octanol–water partition coefficient (Wildman–Crippen LogP) is 1.46. The van der Waals surface area contributed by atoms with Crippen molar-refractivity contribution in [3.8, 4) is 5.75 Å². The number of piperidine rings is 1. The van der Waals surface area contributed by atoms with E-state index in [9.17, 15) is 18.0 Å². The van der Waals surface area contributed by atoms with E-state index in [4.69, 9.17) is 0 Å². The average Bonchev–Trinajstić information content (AvgIpc) is 2.93. The van der Waals surface area contributed by atoms with Crippen molar-refractivity contribution < 1.29 is 22.7 Å². The summed E-state index contributed by atoms with van der Waals surface area (Å²) in [6.45, 7) is 4.89. The molecule has 0 aromatic heterocycles. The number of ether oxygens (including phenoxy) is 1. The molecule has 2 unspecified atom stereocenters. The second kappa shape index (κ2) is 6.17. The summed E-state index contributed by atoms with van der Waals surface area (Å²) < 4.78 is 40.6. The van der Waals surface area contributed by atoms with E-state index in [1.807, 2.05) is 0 Å². The van der Waals surface area contributed by atoms with Gasteiger partial charge in [-0.25, -0.2) is 0 Å². The van der Waals surface area contributed by atoms with Crippen molar-refractivity contribution in [1.82, 2.24) is 15.5 Å². The lowest BCUT2D eigenvalue weighted by molar-refractivity contribution is -0.274. The van der Waals surface area contributed by atoms with Gasteiger partial charge >= 0.3 is 6.36 Å². The second-order valence-electron chi connectivity index (χ2n) is 7.04. The number of nitrogens with zero attached hydrogens (tertiary/aromatic N) is 1. The molecule has 2 N–H and O–H groups in total. The van der Waals surface area contributed by atoms with Crippen molar-refractivity contribution in [2.45, 2.75) is 12.4 Å². The molecular weight excluding hydrogens is 335 g/mol. The van der Waals surface area contributed by atoms with E-state index in [1.165, 1.54) is 18.2 Å². The molecule has 1 amide bonds. The first-order valence-corrected chi connectivity index (χ1v) is 8.49. The summed E-state index contributed by atoms with van der Waals surface area (Å²) in [6.07, 6.45) is -4.76. The molecule has 0 radical (unpaired) electrons. The van der Waals surface area contributed by atoms with Gasteiger partial charge in [0.2, 0.25) is 0 Å². The Labute approximate surface area is 143 Å². The molecule has 4 rings (SSSR count). The van der Waals surface area contributed by atoms with Crippen molar-refractivity contribution >= 4 is 5.91 Å². The number of halogens is 3. The lowest BCUT2D eigenvalue weighted by atomic mass is 10.1. The van der Waals surface area contributed by atoms with Crippen LogP contribution in [0, 0.1) is 17.8 Å². The maximum absolute atomic E-state index is 12.3. The Morgan fingerprint density at radius 2 is 2.00 bits per heavy atom. The lowest BCUT2D eigenvalue weighted by Crippen LogP contribution is -2.57. The van der Waals surface area contributed by atoms with Gasteiger partial charge in [0.15, 0.2) is 0 Å². The van der Waals surface area contributed by atoms with Gasteiger partial charge in [0.1, 0.15) is 5.75 Å². The Morgan fingerprint density at radius 1 is 1.28 bits per heavy atom. The number of nitrogens with one attached hydrogen (secondary N) is 2. The van der Waals surface area contributed by atoms with Gasteiger partial charge in [-0.05, 0) is 36.0 Å². The molecule has 0 spiro atoms. The first-order chi connectivity index (χ1) is 11.9. The zero-order valence-corrected chi connectivity index (χ0v) is 13.6. The predicted molar refractivity (Wildman–Crippen MR) is 84.2 cm³/mol. The van der Waals surface area contributed by atoms with Crippen molar-refractivity contribution in [3.05, 3.63) is 29.8 Å². The van der Waals surface area contributed by atoms with Crippen molar-refractivity contribution in [2.24, 2.45) is 17.8 Å². The molecular formula is C17H20F3N3O2. The zero-order valence-electron chi connectivity index (χ0n) is 13.6. The molecule has 2 heterocycles. The Morgan fingerprint density at radius 3 is 2.60 bits per heavy atom. The summed E-state index contributed by atoms with van der Waals surface area (Å²) in [7, 11) is 0. The first-order valence-electron chi connectivity index (χ1n) is 8.49. The van der Waals surface area contributed by atoms with E-state index in [2.05, 4.69) is 20.3 Å². The van der Waals surface area contributed by atoms with Crippen LogP contribution >= 0.6 is 0 Å². The minimum Gasteiger partial charge on any atom is -0.406 e. The minimum atomic E-state index is -4.76. The molecule has 3 aliphatic rings. The van der Waals surface area contributed by atoms with Crippen molar-refractivity contribution in [3.63, 3.8) is 0 Å². The third-order valence-corrected chi connectivity index (χ3v) is 5.50. The summed E-state index contributed by atoms with van der Waals surface area (Å²) in [4.78, 5) is 14.7. The van der Waals surface area contributed by atoms with E-state index in [0.29, 0.717) is 30.3 Å². The Bertz CT molecular complexity index is 651. The molecule has 25 heavy (non-hydrogen) atoms. The highest BCUT2D eigenvalue weighted by Crippen LogP contribution is 2.51. The van der Waals surface area contributed by atoms with E-state index in [-0.39, 0.29) is 17.2 Å². The van der Waals surface area contributed by atoms with Crippen molar-refractivity contribution in [1.29, 1.82) is 0 Å². The summed E-state index contributed by atoms with van der Waals surface area (Å²) in [5, 5.41) is 6.12. The first kappa shape index (κ1) is 16.7. The summed E-state index contributed by atoms with van der Waals surface area (Å²) in [5.41, 5.74) is 0.176. The van der Waals surface area contributed by atoms with Gasteiger partial charge in [-0.2, -0.15) is 0 Å². The van der Waals surface area contributed by atoms with Gasteiger partial charge in [0.25, 0.3) is 5.91 Å². The van der Waals surface area contributed by atoms with Crippen LogP contribution < -0.4 is 15.4 Å². The molecule has 2 atom stereocenters. The van der Waals surface area contributed by atoms with Crippen LogP contribution in [0.5, 0.6) is 5.75 Å². The van der Waals surface area contributed by atoms with Gasteiger partial charge in [-0.3, -0.25) is 9.69 Å². The third kappa shape index (κ3) is 3.59. The molecule has 5 nitrogen and oxygen atoms in total. The van der Waals surface area contributed by atoms with Crippen LogP contribution in [0.4, 0.5) is 13.2 Å². The number of benzene rings is 1. The molecule has 0 bridgehead atoms. The molecule has 8 heteroatoms. The zero-order chi connectivity index (χ0) is 17.6. The van der Waals surface area contributed by atoms with Gasteiger partial charge < -0.3 is 15.4 Å². The second-order valence-corrected chi connectivity index (χ2v) is 7.04. The van der Waals surface area contributed by atoms with Gasteiger partial charge in [0, 0.05) is 44.3 Å². The SMILES string of the molecule is O=C(NCC1C2CN(C3CNC3)CC12)c1cccc(OC(F)(F)F)c1. The lowest BCUT2D eigenvalue weighted by Gasteiger charge is -2.36. The molecule has 1 aliphatic carbocycles. The van der Waals surface area contributed by atoms with Gasteiger partial charge in [-0.15, -0.1) is 13.2 Å². The van der Waals surface area contributed by atoms with Crippen LogP contribution in [-0.4, -0.2) is 55.9 Å². The molecule has 2 saturated heterocycles. The molecule has 3 fully saturated rings. The van der Waals surface area contributed by atoms with Crippen molar-refractivity contribution in [2.75, 3.05) is 32.7 Å². The highest BCUT2D eigenvalue weighted by atomic mass is 19.4. The molecule has 1 aromatic carbocycles.